The van der Waals surface area contributed by atoms with E-state index in [2.05, 4.69) is 10.3 Å². The van der Waals surface area contributed by atoms with Crippen LogP contribution in [0, 0.1) is 6.92 Å². The second-order valence-corrected chi connectivity index (χ2v) is 3.89. The summed E-state index contributed by atoms with van der Waals surface area (Å²) in [7, 11) is 1.77. The summed E-state index contributed by atoms with van der Waals surface area (Å²) in [4.78, 5) is 4.17. The normalized spacial score (nSPS) is 19.0. The molecule has 1 fully saturated rings. The first-order chi connectivity index (χ1) is 6.74. The molecule has 78 valence electrons. The Morgan fingerprint density at radius 3 is 2.86 bits per heavy atom. The Hall–Kier alpha value is -1.03. The first-order valence-corrected chi connectivity index (χ1v) is 4.95. The molecule has 4 nitrogen and oxygen atoms in total. The summed E-state index contributed by atoms with van der Waals surface area (Å²) in [5.74, 6) is 0. The molecule has 14 heavy (non-hydrogen) atoms. The minimum absolute atomic E-state index is 0.0162. The van der Waals surface area contributed by atoms with Crippen molar-refractivity contribution in [3.8, 4) is 0 Å². The fourth-order valence-electron chi connectivity index (χ4n) is 1.70. The van der Waals surface area contributed by atoms with Crippen molar-refractivity contribution in [3.05, 3.63) is 12.0 Å². The van der Waals surface area contributed by atoms with Crippen LogP contribution in [0.2, 0.25) is 0 Å². The molecule has 1 N–H and O–H groups in total. The summed E-state index contributed by atoms with van der Waals surface area (Å²) in [5.41, 5.74) is 0.912. The van der Waals surface area contributed by atoms with Gasteiger partial charge in [0, 0.05) is 13.7 Å². The maximum Gasteiger partial charge on any atom is 0.294 e. The van der Waals surface area contributed by atoms with E-state index >= 15 is 0 Å². The average Bonchev–Trinajstić information content (AvgIpc) is 2.50. The molecule has 1 aromatic heterocycles. The fraction of sp³-hybridized carbons (Fsp3) is 0.700. The molecular formula is C10H16N2O2. The molecule has 0 spiro atoms. The Labute approximate surface area is 83.7 Å². The monoisotopic (exact) mass is 196 g/mol. The zero-order valence-electron chi connectivity index (χ0n) is 8.67. The van der Waals surface area contributed by atoms with Crippen LogP contribution >= 0.6 is 0 Å². The molecule has 0 atom stereocenters. The van der Waals surface area contributed by atoms with Gasteiger partial charge in [-0.1, -0.05) is 0 Å². The molecule has 1 saturated carbocycles. The predicted octanol–water partition coefficient (Wildman–Crippen LogP) is 1.96. The fourth-order valence-corrected chi connectivity index (χ4v) is 1.70. The molecule has 0 aromatic carbocycles. The van der Waals surface area contributed by atoms with Crippen LogP contribution in [0.5, 0.6) is 0 Å². The van der Waals surface area contributed by atoms with Gasteiger partial charge in [0.15, 0.2) is 0 Å². The molecule has 0 unspecified atom stereocenters. The Bertz CT molecular complexity index is 299. The first kappa shape index (κ1) is 9.52. The minimum Gasteiger partial charge on any atom is -0.432 e. The number of aromatic nitrogens is 1. The van der Waals surface area contributed by atoms with E-state index in [1.54, 1.807) is 13.4 Å². The van der Waals surface area contributed by atoms with E-state index in [4.69, 9.17) is 9.15 Å². The highest BCUT2D eigenvalue weighted by Crippen LogP contribution is 2.34. The lowest BCUT2D eigenvalue weighted by molar-refractivity contribution is -0.0604. The van der Waals surface area contributed by atoms with E-state index in [0.29, 0.717) is 6.01 Å². The largest absolute Gasteiger partial charge is 0.432 e. The van der Waals surface area contributed by atoms with Gasteiger partial charge in [-0.15, -0.1) is 0 Å². The van der Waals surface area contributed by atoms with E-state index in [1.165, 1.54) is 6.42 Å². The summed E-state index contributed by atoms with van der Waals surface area (Å²) < 4.78 is 10.7. The van der Waals surface area contributed by atoms with Crippen molar-refractivity contribution < 1.29 is 9.15 Å². The van der Waals surface area contributed by atoms with E-state index in [9.17, 15) is 0 Å². The second kappa shape index (κ2) is 3.61. The quantitative estimate of drug-likeness (QED) is 0.799. The maximum absolute atomic E-state index is 5.47. The van der Waals surface area contributed by atoms with Crippen LogP contribution in [-0.4, -0.2) is 24.2 Å². The summed E-state index contributed by atoms with van der Waals surface area (Å²) in [6.07, 6.45) is 5.13. The zero-order valence-corrected chi connectivity index (χ0v) is 8.67. The lowest BCUT2D eigenvalue weighted by atomic mass is 9.80. The molecule has 1 aliphatic carbocycles. The summed E-state index contributed by atoms with van der Waals surface area (Å²) in [6, 6.07) is 0.589. The number of methoxy groups -OCH3 is 1. The Balaban J connectivity index is 1.87. The number of hydrogen-bond acceptors (Lipinski definition) is 4. The van der Waals surface area contributed by atoms with E-state index in [0.717, 1.165) is 25.1 Å². The Kier molecular flexibility index (Phi) is 2.46. The zero-order chi connectivity index (χ0) is 10.0. The number of oxazole rings is 1. The minimum atomic E-state index is 0.0162. The third-order valence-electron chi connectivity index (χ3n) is 2.88. The molecule has 1 aliphatic rings. The number of anilines is 1. The van der Waals surface area contributed by atoms with Gasteiger partial charge in [-0.2, -0.15) is 4.98 Å². The highest BCUT2D eigenvalue weighted by molar-refractivity contribution is 5.22. The summed E-state index contributed by atoms with van der Waals surface area (Å²) >= 11 is 0. The molecule has 1 aromatic rings. The average molecular weight is 196 g/mol. The van der Waals surface area contributed by atoms with Gasteiger partial charge in [-0.05, 0) is 26.2 Å². The number of ether oxygens (including phenoxy) is 1. The molecule has 2 rings (SSSR count). The van der Waals surface area contributed by atoms with Crippen molar-refractivity contribution in [2.24, 2.45) is 0 Å². The molecular weight excluding hydrogens is 180 g/mol. The van der Waals surface area contributed by atoms with Crippen LogP contribution in [0.25, 0.3) is 0 Å². The van der Waals surface area contributed by atoms with Crippen molar-refractivity contribution in [1.82, 2.24) is 4.98 Å². The van der Waals surface area contributed by atoms with Crippen molar-refractivity contribution in [3.63, 3.8) is 0 Å². The van der Waals surface area contributed by atoms with Gasteiger partial charge in [-0.3, -0.25) is 0 Å². The van der Waals surface area contributed by atoms with Crippen molar-refractivity contribution in [1.29, 1.82) is 0 Å². The Morgan fingerprint density at radius 1 is 1.64 bits per heavy atom. The van der Waals surface area contributed by atoms with Crippen LogP contribution < -0.4 is 5.32 Å². The predicted molar refractivity (Wildman–Crippen MR) is 53.3 cm³/mol. The lowest BCUT2D eigenvalue weighted by Gasteiger charge is -2.40. The van der Waals surface area contributed by atoms with Gasteiger partial charge in [0.05, 0.1) is 11.3 Å². The van der Waals surface area contributed by atoms with Gasteiger partial charge in [0.25, 0.3) is 6.01 Å². The van der Waals surface area contributed by atoms with Crippen molar-refractivity contribution >= 4 is 6.01 Å². The molecule has 0 saturated heterocycles. The molecule has 1 heterocycles. The molecule has 0 amide bonds. The molecule has 0 aliphatic heterocycles. The molecule has 0 bridgehead atoms. The van der Waals surface area contributed by atoms with Crippen LogP contribution in [-0.2, 0) is 4.74 Å². The van der Waals surface area contributed by atoms with Crippen LogP contribution in [0.15, 0.2) is 10.7 Å². The standard InChI is InChI=1S/C10H16N2O2/c1-8-6-14-9(12-8)11-7-10(13-2)4-3-5-10/h6H,3-5,7H2,1-2H3,(H,11,12). The van der Waals surface area contributed by atoms with Crippen molar-refractivity contribution in [2.45, 2.75) is 31.8 Å². The van der Waals surface area contributed by atoms with Gasteiger partial charge in [0.1, 0.15) is 6.26 Å². The number of nitrogens with zero attached hydrogens (tertiary/aromatic N) is 1. The number of hydrogen-bond donors (Lipinski definition) is 1. The molecule has 4 heteroatoms. The van der Waals surface area contributed by atoms with Crippen LogP contribution in [0.3, 0.4) is 0 Å². The second-order valence-electron chi connectivity index (χ2n) is 3.89. The number of rotatable bonds is 4. The topological polar surface area (TPSA) is 47.3 Å². The number of aryl methyl sites for hydroxylation is 1. The van der Waals surface area contributed by atoms with Crippen LogP contribution in [0.1, 0.15) is 25.0 Å². The van der Waals surface area contributed by atoms with E-state index in [1.807, 2.05) is 6.92 Å². The van der Waals surface area contributed by atoms with Gasteiger partial charge < -0.3 is 14.5 Å². The van der Waals surface area contributed by atoms with Gasteiger partial charge in [0.2, 0.25) is 0 Å². The summed E-state index contributed by atoms with van der Waals surface area (Å²) in [5, 5.41) is 3.16. The third-order valence-corrected chi connectivity index (χ3v) is 2.88. The number of nitrogens with one attached hydrogen (secondary N) is 1. The Morgan fingerprint density at radius 2 is 2.43 bits per heavy atom. The smallest absolute Gasteiger partial charge is 0.294 e. The lowest BCUT2D eigenvalue weighted by Crippen LogP contribution is -2.45. The van der Waals surface area contributed by atoms with Crippen LogP contribution in [0.4, 0.5) is 6.01 Å². The molecule has 0 radical (unpaired) electrons. The van der Waals surface area contributed by atoms with Gasteiger partial charge >= 0.3 is 0 Å². The van der Waals surface area contributed by atoms with Gasteiger partial charge in [-0.25, -0.2) is 0 Å². The maximum atomic E-state index is 5.47. The summed E-state index contributed by atoms with van der Waals surface area (Å²) in [6.45, 7) is 2.69. The van der Waals surface area contributed by atoms with E-state index < -0.39 is 0 Å². The SMILES string of the molecule is COC1(CNc2nc(C)co2)CCC1. The van der Waals surface area contributed by atoms with Crippen molar-refractivity contribution in [2.75, 3.05) is 19.0 Å². The highest BCUT2D eigenvalue weighted by Gasteiger charge is 2.36. The highest BCUT2D eigenvalue weighted by atomic mass is 16.5. The van der Waals surface area contributed by atoms with E-state index in [-0.39, 0.29) is 5.60 Å². The first-order valence-electron chi connectivity index (χ1n) is 4.95. The third kappa shape index (κ3) is 1.75.